The second-order valence-corrected chi connectivity index (χ2v) is 9.32. The molecule has 4 unspecified atom stereocenters. The molecule has 37 heavy (non-hydrogen) atoms. The van der Waals surface area contributed by atoms with Gasteiger partial charge in [-0.25, -0.2) is 9.78 Å². The SMILES string of the molecule is CCNC(=O)Nc1cccc(C2OC(Cn3cnc4ccccc43)C(C)C(c3ccc(CO)cc3)O2)c1. The van der Waals surface area contributed by atoms with Crippen LogP contribution in [0.1, 0.15) is 42.9 Å². The third-order valence-corrected chi connectivity index (χ3v) is 6.78. The van der Waals surface area contributed by atoms with Crippen LogP contribution in [-0.2, 0) is 22.6 Å². The normalized spacial score (nSPS) is 21.6. The Hall–Kier alpha value is -3.72. The number of ether oxygens (including phenoxy) is 2. The van der Waals surface area contributed by atoms with E-state index in [1.165, 1.54) is 0 Å². The van der Waals surface area contributed by atoms with Gasteiger partial charge >= 0.3 is 6.03 Å². The molecule has 1 aliphatic rings. The average Bonchev–Trinajstić information content (AvgIpc) is 3.33. The van der Waals surface area contributed by atoms with Gasteiger partial charge in [0.1, 0.15) is 0 Å². The number of aliphatic hydroxyl groups is 1. The molecule has 192 valence electrons. The molecular weight excluding hydrogens is 468 g/mol. The lowest BCUT2D eigenvalue weighted by molar-refractivity contribution is -0.276. The molecule has 1 saturated heterocycles. The number of nitrogens with one attached hydrogen (secondary N) is 2. The molecule has 0 saturated carbocycles. The van der Waals surface area contributed by atoms with E-state index in [1.54, 1.807) is 0 Å². The van der Waals surface area contributed by atoms with Gasteiger partial charge in [-0.05, 0) is 42.3 Å². The van der Waals surface area contributed by atoms with E-state index < -0.39 is 6.29 Å². The summed E-state index contributed by atoms with van der Waals surface area (Å²) in [6.45, 7) is 5.16. The Kier molecular flexibility index (Phi) is 7.50. The van der Waals surface area contributed by atoms with E-state index in [0.717, 1.165) is 27.7 Å². The van der Waals surface area contributed by atoms with Crippen molar-refractivity contribution in [3.8, 4) is 0 Å². The van der Waals surface area contributed by atoms with Crippen LogP contribution in [0.25, 0.3) is 11.0 Å². The van der Waals surface area contributed by atoms with Crippen LogP contribution in [-0.4, -0.2) is 33.3 Å². The van der Waals surface area contributed by atoms with Crippen LogP contribution in [0.15, 0.2) is 79.1 Å². The Bertz CT molecular complexity index is 1350. The number of carbonyl (C=O) groups is 1. The standard InChI is InChI=1S/C29H32N4O4/c1-3-30-29(35)32-23-8-6-7-22(15-23)28-36-26(16-33-18-31-24-9-4-5-10-25(24)33)19(2)27(37-28)21-13-11-20(17-34)12-14-21/h4-15,18-19,26-28,34H,3,16-17H2,1-2H3,(H2,30,32,35). The summed E-state index contributed by atoms with van der Waals surface area (Å²) >= 11 is 0. The van der Waals surface area contributed by atoms with Crippen LogP contribution in [0, 0.1) is 5.92 Å². The third-order valence-electron chi connectivity index (χ3n) is 6.78. The van der Waals surface area contributed by atoms with E-state index in [9.17, 15) is 9.90 Å². The van der Waals surface area contributed by atoms with Crippen LogP contribution in [0.2, 0.25) is 0 Å². The molecule has 1 aromatic heterocycles. The van der Waals surface area contributed by atoms with E-state index in [1.807, 2.05) is 80.0 Å². The van der Waals surface area contributed by atoms with Crippen LogP contribution in [0.5, 0.6) is 0 Å². The first-order valence-corrected chi connectivity index (χ1v) is 12.6. The largest absolute Gasteiger partial charge is 0.392 e. The molecule has 2 heterocycles. The van der Waals surface area contributed by atoms with Gasteiger partial charge in [0, 0.05) is 23.7 Å². The Morgan fingerprint density at radius 3 is 2.62 bits per heavy atom. The second kappa shape index (κ2) is 11.1. The van der Waals surface area contributed by atoms with Crippen LogP contribution in [0.3, 0.4) is 0 Å². The fraction of sp³-hybridized carbons (Fsp3) is 0.310. The quantitative estimate of drug-likeness (QED) is 0.326. The number of aliphatic hydroxyl groups excluding tert-OH is 1. The molecule has 8 heteroatoms. The van der Waals surface area contributed by atoms with Crippen molar-refractivity contribution in [1.29, 1.82) is 0 Å². The maximum atomic E-state index is 12.1. The number of amides is 2. The highest BCUT2D eigenvalue weighted by Crippen LogP contribution is 2.42. The molecule has 1 fully saturated rings. The summed E-state index contributed by atoms with van der Waals surface area (Å²) in [5.74, 6) is 0.0361. The van der Waals surface area contributed by atoms with Crippen molar-refractivity contribution in [2.75, 3.05) is 11.9 Å². The maximum absolute atomic E-state index is 12.1. The topological polar surface area (TPSA) is 97.6 Å². The first-order valence-electron chi connectivity index (χ1n) is 12.6. The molecule has 4 aromatic rings. The molecular formula is C29H32N4O4. The number of imidazole rings is 1. The molecule has 5 rings (SSSR count). The summed E-state index contributed by atoms with van der Waals surface area (Å²) in [6, 6.07) is 23.2. The van der Waals surface area contributed by atoms with Crippen molar-refractivity contribution in [2.45, 2.75) is 45.5 Å². The number of carbonyl (C=O) groups excluding carboxylic acids is 1. The van der Waals surface area contributed by atoms with Crippen molar-refractivity contribution in [2.24, 2.45) is 5.92 Å². The van der Waals surface area contributed by atoms with Gasteiger partial charge in [-0.1, -0.05) is 55.5 Å². The van der Waals surface area contributed by atoms with Gasteiger partial charge in [-0.3, -0.25) is 0 Å². The van der Waals surface area contributed by atoms with Gasteiger partial charge in [0.05, 0.1) is 42.7 Å². The number of benzene rings is 3. The summed E-state index contributed by atoms with van der Waals surface area (Å²) in [6.07, 6.45) is 0.826. The number of urea groups is 1. The monoisotopic (exact) mass is 500 g/mol. The molecule has 8 nitrogen and oxygen atoms in total. The summed E-state index contributed by atoms with van der Waals surface area (Å²) in [5.41, 5.74) is 5.35. The van der Waals surface area contributed by atoms with E-state index in [2.05, 4.69) is 33.2 Å². The highest BCUT2D eigenvalue weighted by atomic mass is 16.7. The van der Waals surface area contributed by atoms with Gasteiger partial charge in [0.2, 0.25) is 0 Å². The molecule has 2 amide bonds. The molecule has 4 atom stereocenters. The average molecular weight is 501 g/mol. The van der Waals surface area contributed by atoms with Gasteiger partial charge in [-0.15, -0.1) is 0 Å². The molecule has 1 aliphatic heterocycles. The fourth-order valence-corrected chi connectivity index (χ4v) is 4.78. The zero-order chi connectivity index (χ0) is 25.8. The number of hydrogen-bond donors (Lipinski definition) is 3. The fourth-order valence-electron chi connectivity index (χ4n) is 4.78. The smallest absolute Gasteiger partial charge is 0.319 e. The number of fused-ring (bicyclic) bond motifs is 1. The minimum Gasteiger partial charge on any atom is -0.392 e. The molecule has 3 N–H and O–H groups in total. The summed E-state index contributed by atoms with van der Waals surface area (Å²) < 4.78 is 15.2. The Labute approximate surface area is 216 Å². The summed E-state index contributed by atoms with van der Waals surface area (Å²) in [4.78, 5) is 16.6. The first-order chi connectivity index (χ1) is 18.1. The number of rotatable bonds is 7. The minimum absolute atomic E-state index is 0.00514. The third kappa shape index (κ3) is 5.51. The van der Waals surface area contributed by atoms with E-state index in [-0.39, 0.29) is 30.8 Å². The highest BCUT2D eigenvalue weighted by Gasteiger charge is 2.38. The Balaban J connectivity index is 1.45. The van der Waals surface area contributed by atoms with Crippen LogP contribution < -0.4 is 10.6 Å². The summed E-state index contributed by atoms with van der Waals surface area (Å²) in [5, 5.41) is 15.1. The summed E-state index contributed by atoms with van der Waals surface area (Å²) in [7, 11) is 0. The van der Waals surface area contributed by atoms with Crippen molar-refractivity contribution < 1.29 is 19.4 Å². The molecule has 0 bridgehead atoms. The van der Waals surface area contributed by atoms with Crippen molar-refractivity contribution >= 4 is 22.8 Å². The number of hydrogen-bond acceptors (Lipinski definition) is 5. The Morgan fingerprint density at radius 1 is 1.03 bits per heavy atom. The molecule has 0 spiro atoms. The Morgan fingerprint density at radius 2 is 1.84 bits per heavy atom. The van der Waals surface area contributed by atoms with E-state index in [0.29, 0.717) is 18.8 Å². The zero-order valence-corrected chi connectivity index (χ0v) is 21.0. The van der Waals surface area contributed by atoms with Crippen LogP contribution in [0.4, 0.5) is 10.5 Å². The first kappa shape index (κ1) is 25.0. The zero-order valence-electron chi connectivity index (χ0n) is 21.0. The lowest BCUT2D eigenvalue weighted by Gasteiger charge is -2.41. The van der Waals surface area contributed by atoms with Gasteiger partial charge in [0.15, 0.2) is 6.29 Å². The lowest BCUT2D eigenvalue weighted by Crippen LogP contribution is -2.39. The number of anilines is 1. The highest BCUT2D eigenvalue weighted by molar-refractivity contribution is 5.89. The predicted octanol–water partition coefficient (Wildman–Crippen LogP) is 5.16. The number of aromatic nitrogens is 2. The van der Waals surface area contributed by atoms with Crippen molar-refractivity contribution in [1.82, 2.24) is 14.9 Å². The second-order valence-electron chi connectivity index (χ2n) is 9.32. The van der Waals surface area contributed by atoms with Gasteiger partial charge in [0.25, 0.3) is 0 Å². The maximum Gasteiger partial charge on any atom is 0.319 e. The van der Waals surface area contributed by atoms with Crippen molar-refractivity contribution in [3.05, 3.63) is 95.8 Å². The lowest BCUT2D eigenvalue weighted by atomic mass is 9.90. The molecule has 3 aromatic carbocycles. The van der Waals surface area contributed by atoms with Gasteiger partial charge < -0.3 is 29.8 Å². The number of nitrogens with zero attached hydrogens (tertiary/aromatic N) is 2. The van der Waals surface area contributed by atoms with Crippen molar-refractivity contribution in [3.63, 3.8) is 0 Å². The van der Waals surface area contributed by atoms with Crippen LogP contribution >= 0.6 is 0 Å². The van der Waals surface area contributed by atoms with E-state index in [4.69, 9.17) is 9.47 Å². The van der Waals surface area contributed by atoms with Gasteiger partial charge in [-0.2, -0.15) is 0 Å². The predicted molar refractivity (Wildman–Crippen MR) is 142 cm³/mol. The molecule has 0 aliphatic carbocycles. The molecule has 0 radical (unpaired) electrons. The minimum atomic E-state index is -0.630. The number of para-hydroxylation sites is 2. The van der Waals surface area contributed by atoms with E-state index >= 15 is 0 Å².